The first-order valence-corrected chi connectivity index (χ1v) is 5.13. The van der Waals surface area contributed by atoms with Gasteiger partial charge >= 0.3 is 0 Å². The van der Waals surface area contributed by atoms with E-state index in [1.165, 1.54) is 0 Å². The third-order valence-electron chi connectivity index (χ3n) is 2.78. The van der Waals surface area contributed by atoms with Gasteiger partial charge in [-0.3, -0.25) is 4.79 Å². The molecule has 0 unspecified atom stereocenters. The molecule has 1 fully saturated rings. The predicted octanol–water partition coefficient (Wildman–Crippen LogP) is -0.311. The van der Waals surface area contributed by atoms with E-state index in [1.54, 1.807) is 18.9 Å². The summed E-state index contributed by atoms with van der Waals surface area (Å²) in [5.74, 6) is 5.76. The van der Waals surface area contributed by atoms with E-state index in [0.717, 1.165) is 0 Å². The van der Waals surface area contributed by atoms with Gasteiger partial charge in [-0.05, 0) is 25.3 Å². The second kappa shape index (κ2) is 5.74. The van der Waals surface area contributed by atoms with E-state index in [1.807, 2.05) is 0 Å². The maximum absolute atomic E-state index is 11.5. The normalized spacial score (nSPS) is 24.9. The van der Waals surface area contributed by atoms with Crippen molar-refractivity contribution in [2.75, 3.05) is 33.4 Å². The van der Waals surface area contributed by atoms with E-state index < -0.39 is 0 Å². The molecular weight excluding hydrogens is 192 g/mol. The second-order valence-electron chi connectivity index (χ2n) is 3.80. The smallest absolute Gasteiger partial charge is 0.298 e. The van der Waals surface area contributed by atoms with Crippen LogP contribution >= 0.6 is 0 Å². The first kappa shape index (κ1) is 12.0. The molecule has 0 aromatic heterocycles. The number of methoxy groups -OCH3 is 1. The van der Waals surface area contributed by atoms with Crippen LogP contribution < -0.4 is 5.73 Å². The van der Waals surface area contributed by atoms with E-state index in [9.17, 15) is 4.79 Å². The van der Waals surface area contributed by atoms with E-state index in [-0.39, 0.29) is 5.91 Å². The highest BCUT2D eigenvalue weighted by molar-refractivity contribution is 5.93. The van der Waals surface area contributed by atoms with Crippen LogP contribution in [0.15, 0.2) is 0 Å². The molecule has 0 bridgehead atoms. The third kappa shape index (κ3) is 2.95. The lowest BCUT2D eigenvalue weighted by Crippen LogP contribution is -2.28. The molecule has 0 radical (unpaired) electrons. The Balaban J connectivity index is 2.58. The Labute approximate surface area is 90.8 Å². The van der Waals surface area contributed by atoms with Crippen molar-refractivity contribution in [3.05, 3.63) is 0 Å². The van der Waals surface area contributed by atoms with Gasteiger partial charge in [0.2, 0.25) is 0 Å². The van der Waals surface area contributed by atoms with Gasteiger partial charge in [-0.25, -0.2) is 0 Å². The number of hydrogen-bond acceptors (Lipinski definition) is 3. The summed E-state index contributed by atoms with van der Waals surface area (Å²) in [6.45, 7) is 4.34. The van der Waals surface area contributed by atoms with Gasteiger partial charge < -0.3 is 15.4 Å². The molecule has 1 saturated heterocycles. The van der Waals surface area contributed by atoms with Crippen LogP contribution in [0.5, 0.6) is 0 Å². The number of amides is 1. The van der Waals surface area contributed by atoms with Crippen LogP contribution in [-0.4, -0.2) is 44.2 Å². The van der Waals surface area contributed by atoms with E-state index in [0.29, 0.717) is 38.1 Å². The maximum Gasteiger partial charge on any atom is 0.298 e. The maximum atomic E-state index is 11.5. The van der Waals surface area contributed by atoms with Gasteiger partial charge in [0.15, 0.2) is 0 Å². The van der Waals surface area contributed by atoms with Gasteiger partial charge in [0.1, 0.15) is 0 Å². The van der Waals surface area contributed by atoms with E-state index in [4.69, 9.17) is 10.5 Å². The number of ether oxygens (including phenoxy) is 1. The number of nitrogens with zero attached hydrogens (tertiary/aromatic N) is 1. The molecule has 0 spiro atoms. The lowest BCUT2D eigenvalue weighted by Gasteiger charge is -2.13. The molecule has 1 aliphatic rings. The van der Waals surface area contributed by atoms with Crippen molar-refractivity contribution in [1.29, 1.82) is 0 Å². The fourth-order valence-electron chi connectivity index (χ4n) is 1.96. The van der Waals surface area contributed by atoms with Crippen molar-refractivity contribution in [2.24, 2.45) is 17.6 Å². The summed E-state index contributed by atoms with van der Waals surface area (Å²) in [6.07, 6.45) is 0. The minimum absolute atomic E-state index is 0.102. The molecule has 0 saturated carbocycles. The Morgan fingerprint density at radius 2 is 2.20 bits per heavy atom. The van der Waals surface area contributed by atoms with Crippen LogP contribution in [0.2, 0.25) is 0 Å². The molecule has 1 heterocycles. The lowest BCUT2D eigenvalue weighted by atomic mass is 9.97. The Hall–Kier alpha value is -1.05. The second-order valence-corrected chi connectivity index (χ2v) is 3.80. The molecular formula is C11H18N2O2. The topological polar surface area (TPSA) is 55.6 Å². The van der Waals surface area contributed by atoms with Crippen molar-refractivity contribution in [2.45, 2.75) is 6.92 Å². The van der Waals surface area contributed by atoms with Crippen molar-refractivity contribution in [3.63, 3.8) is 0 Å². The van der Waals surface area contributed by atoms with Crippen molar-refractivity contribution < 1.29 is 9.53 Å². The predicted molar refractivity (Wildman–Crippen MR) is 57.9 cm³/mol. The van der Waals surface area contributed by atoms with Gasteiger partial charge in [-0.15, -0.1) is 0 Å². The van der Waals surface area contributed by atoms with E-state index in [2.05, 4.69) is 11.8 Å². The molecule has 2 atom stereocenters. The quantitative estimate of drug-likeness (QED) is 0.650. The summed E-state index contributed by atoms with van der Waals surface area (Å²) in [7, 11) is 1.67. The summed E-state index contributed by atoms with van der Waals surface area (Å²) in [4.78, 5) is 13.3. The van der Waals surface area contributed by atoms with Gasteiger partial charge in [-0.2, -0.15) is 0 Å². The minimum atomic E-state index is -0.102. The summed E-state index contributed by atoms with van der Waals surface area (Å²) in [5.41, 5.74) is 5.66. The SMILES string of the molecule is CC#CC(=O)N1C[C@@H](CN)[C@@H](COC)C1. The molecule has 15 heavy (non-hydrogen) atoms. The fourth-order valence-corrected chi connectivity index (χ4v) is 1.96. The number of likely N-dealkylation sites (tertiary alicyclic amines) is 1. The van der Waals surface area contributed by atoms with Gasteiger partial charge in [0.05, 0.1) is 6.61 Å². The van der Waals surface area contributed by atoms with Crippen LogP contribution in [0.25, 0.3) is 0 Å². The van der Waals surface area contributed by atoms with Crippen LogP contribution in [0.4, 0.5) is 0 Å². The zero-order chi connectivity index (χ0) is 11.3. The first-order valence-electron chi connectivity index (χ1n) is 5.13. The molecule has 1 rings (SSSR count). The molecule has 0 aromatic rings. The largest absolute Gasteiger partial charge is 0.384 e. The average Bonchev–Trinajstić information content (AvgIpc) is 2.62. The average molecular weight is 210 g/mol. The lowest BCUT2D eigenvalue weighted by molar-refractivity contribution is -0.124. The molecule has 0 aromatic carbocycles. The molecule has 84 valence electrons. The van der Waals surface area contributed by atoms with Gasteiger partial charge in [-0.1, -0.05) is 5.92 Å². The zero-order valence-electron chi connectivity index (χ0n) is 9.32. The van der Waals surface area contributed by atoms with E-state index >= 15 is 0 Å². The van der Waals surface area contributed by atoms with Crippen LogP contribution in [-0.2, 0) is 9.53 Å². The molecule has 4 heteroatoms. The van der Waals surface area contributed by atoms with Crippen LogP contribution in [0, 0.1) is 23.7 Å². The number of nitrogens with two attached hydrogens (primary N) is 1. The van der Waals surface area contributed by atoms with Crippen LogP contribution in [0.1, 0.15) is 6.92 Å². The summed E-state index contributed by atoms with van der Waals surface area (Å²) < 4.78 is 5.12. The minimum Gasteiger partial charge on any atom is -0.384 e. The number of hydrogen-bond donors (Lipinski definition) is 1. The highest BCUT2D eigenvalue weighted by Crippen LogP contribution is 2.22. The third-order valence-corrected chi connectivity index (χ3v) is 2.78. The number of carbonyl (C=O) groups excluding carboxylic acids is 1. The highest BCUT2D eigenvalue weighted by Gasteiger charge is 2.33. The van der Waals surface area contributed by atoms with Crippen molar-refractivity contribution >= 4 is 5.91 Å². The van der Waals surface area contributed by atoms with Crippen molar-refractivity contribution in [3.8, 4) is 11.8 Å². The fraction of sp³-hybridized carbons (Fsp3) is 0.727. The Bertz CT molecular complexity index is 280. The molecule has 0 aliphatic carbocycles. The molecule has 1 aliphatic heterocycles. The molecule has 1 amide bonds. The van der Waals surface area contributed by atoms with Gasteiger partial charge in [0.25, 0.3) is 5.91 Å². The number of carbonyl (C=O) groups is 1. The standard InChI is InChI=1S/C11H18N2O2/c1-3-4-11(14)13-6-9(5-12)10(7-13)8-15-2/h9-10H,5-8,12H2,1-2H3/t9-,10-/m1/s1. The van der Waals surface area contributed by atoms with Crippen molar-refractivity contribution in [1.82, 2.24) is 4.90 Å². The zero-order valence-corrected chi connectivity index (χ0v) is 9.32. The van der Waals surface area contributed by atoms with Crippen LogP contribution in [0.3, 0.4) is 0 Å². The Morgan fingerprint density at radius 1 is 1.53 bits per heavy atom. The first-order chi connectivity index (χ1) is 7.22. The summed E-state index contributed by atoms with van der Waals surface area (Å²) >= 11 is 0. The monoisotopic (exact) mass is 210 g/mol. The highest BCUT2D eigenvalue weighted by atomic mass is 16.5. The number of rotatable bonds is 3. The summed E-state index contributed by atoms with van der Waals surface area (Å²) in [5, 5.41) is 0. The molecule has 2 N–H and O–H groups in total. The van der Waals surface area contributed by atoms with Gasteiger partial charge in [0, 0.05) is 26.1 Å². The Kier molecular flexibility index (Phi) is 4.60. The Morgan fingerprint density at radius 3 is 2.73 bits per heavy atom. The molecule has 4 nitrogen and oxygen atoms in total. The summed E-state index contributed by atoms with van der Waals surface area (Å²) in [6, 6.07) is 0.